The summed E-state index contributed by atoms with van der Waals surface area (Å²) in [5, 5.41) is 3.81. The number of thiazole rings is 1. The molecule has 0 aliphatic carbocycles. The van der Waals surface area contributed by atoms with E-state index in [1.807, 2.05) is 19.9 Å². The molecule has 1 aromatic carbocycles. The number of Topliss-reactive ketones (excluding diaryl/α,β-unsaturated/α-hetero) is 1. The zero-order valence-corrected chi connectivity index (χ0v) is 15.2. The van der Waals surface area contributed by atoms with Crippen molar-refractivity contribution in [3.8, 4) is 5.75 Å². The van der Waals surface area contributed by atoms with E-state index in [4.69, 9.17) is 9.72 Å². The van der Waals surface area contributed by atoms with Crippen LogP contribution in [0.15, 0.2) is 18.2 Å². The second-order valence-corrected chi connectivity index (χ2v) is 8.00. The first-order valence-electron chi connectivity index (χ1n) is 8.22. The Labute approximate surface area is 149 Å². The van der Waals surface area contributed by atoms with Crippen LogP contribution < -0.4 is 15.0 Å². The van der Waals surface area contributed by atoms with Gasteiger partial charge >= 0.3 is 0 Å². The normalized spacial score (nSPS) is 18.0. The van der Waals surface area contributed by atoms with Gasteiger partial charge in [0.1, 0.15) is 17.2 Å². The number of ether oxygens (including phenoxy) is 1. The molecule has 0 saturated heterocycles. The lowest BCUT2D eigenvalue weighted by Gasteiger charge is -2.29. The Bertz CT molecular complexity index is 888. The third-order valence-electron chi connectivity index (χ3n) is 4.41. The van der Waals surface area contributed by atoms with Gasteiger partial charge in [-0.3, -0.25) is 9.59 Å². The number of benzene rings is 1. The summed E-state index contributed by atoms with van der Waals surface area (Å²) < 4.78 is 5.73. The predicted molar refractivity (Wildman–Crippen MR) is 96.3 cm³/mol. The number of carbonyl (C=O) groups excluding carboxylic acids is 2. The summed E-state index contributed by atoms with van der Waals surface area (Å²) in [6.45, 7) is 6.71. The molecular formula is C18H19N3O3S. The van der Waals surface area contributed by atoms with Gasteiger partial charge in [0.25, 0.3) is 5.91 Å². The van der Waals surface area contributed by atoms with E-state index in [9.17, 15) is 9.59 Å². The molecule has 25 heavy (non-hydrogen) atoms. The van der Waals surface area contributed by atoms with Gasteiger partial charge < -0.3 is 15.0 Å². The SMILES string of the molecule is CC(=O)c1ccc2c(c1)OCCN2c1nc2c(s1)C(=O)NC(C)(C)C2. The number of nitrogens with one attached hydrogen (secondary N) is 1. The minimum atomic E-state index is -0.283. The van der Waals surface area contributed by atoms with Gasteiger partial charge in [-0.05, 0) is 39.0 Å². The molecule has 6 nitrogen and oxygen atoms in total. The van der Waals surface area contributed by atoms with Crippen LogP contribution in [0, 0.1) is 0 Å². The predicted octanol–water partition coefficient (Wildman–Crippen LogP) is 2.94. The van der Waals surface area contributed by atoms with Crippen molar-refractivity contribution in [3.05, 3.63) is 34.3 Å². The number of nitrogens with zero attached hydrogens (tertiary/aromatic N) is 2. The third kappa shape index (κ3) is 2.78. The third-order valence-corrected chi connectivity index (χ3v) is 5.53. The first-order valence-corrected chi connectivity index (χ1v) is 9.03. The number of carbonyl (C=O) groups is 2. The number of anilines is 2. The maximum Gasteiger partial charge on any atom is 0.263 e. The summed E-state index contributed by atoms with van der Waals surface area (Å²) in [6.07, 6.45) is 0.713. The zero-order valence-electron chi connectivity index (χ0n) is 14.4. The molecule has 1 N–H and O–H groups in total. The van der Waals surface area contributed by atoms with E-state index in [1.54, 1.807) is 12.1 Å². The molecule has 1 aromatic heterocycles. The average Bonchev–Trinajstić information content (AvgIpc) is 2.96. The van der Waals surface area contributed by atoms with E-state index in [0.29, 0.717) is 35.8 Å². The fourth-order valence-electron chi connectivity index (χ4n) is 3.22. The highest BCUT2D eigenvalue weighted by molar-refractivity contribution is 7.17. The number of ketones is 1. The number of rotatable bonds is 2. The van der Waals surface area contributed by atoms with Gasteiger partial charge in [-0.15, -0.1) is 0 Å². The highest BCUT2D eigenvalue weighted by atomic mass is 32.1. The van der Waals surface area contributed by atoms with Crippen molar-refractivity contribution in [1.82, 2.24) is 10.3 Å². The molecule has 4 rings (SSSR count). The quantitative estimate of drug-likeness (QED) is 0.837. The lowest BCUT2D eigenvalue weighted by Crippen LogP contribution is -2.48. The van der Waals surface area contributed by atoms with Crippen LogP contribution in [-0.2, 0) is 6.42 Å². The van der Waals surface area contributed by atoms with Gasteiger partial charge in [0.05, 0.1) is 17.9 Å². The van der Waals surface area contributed by atoms with Gasteiger partial charge in [-0.2, -0.15) is 0 Å². The molecule has 0 fully saturated rings. The molecule has 2 aliphatic rings. The standard InChI is InChI=1S/C18H19N3O3S/c1-10(22)11-4-5-13-14(8-11)24-7-6-21(13)17-19-12-9-18(2,3)20-16(23)15(12)25-17/h4-5,8H,6-7,9H2,1-3H3,(H,20,23). The molecule has 0 radical (unpaired) electrons. The van der Waals surface area contributed by atoms with E-state index in [1.165, 1.54) is 18.3 Å². The molecule has 0 unspecified atom stereocenters. The van der Waals surface area contributed by atoms with Crippen LogP contribution in [0.5, 0.6) is 5.75 Å². The Hall–Kier alpha value is -2.41. The molecule has 0 bridgehead atoms. The number of hydrogen-bond donors (Lipinski definition) is 1. The first kappa shape index (κ1) is 16.1. The molecule has 2 aromatic rings. The van der Waals surface area contributed by atoms with Crippen LogP contribution in [0.4, 0.5) is 10.8 Å². The van der Waals surface area contributed by atoms with E-state index in [0.717, 1.165) is 16.5 Å². The van der Waals surface area contributed by atoms with E-state index >= 15 is 0 Å². The van der Waals surface area contributed by atoms with Crippen molar-refractivity contribution in [2.75, 3.05) is 18.1 Å². The second-order valence-electron chi connectivity index (χ2n) is 7.03. The summed E-state index contributed by atoms with van der Waals surface area (Å²) >= 11 is 1.41. The second kappa shape index (κ2) is 5.56. The highest BCUT2D eigenvalue weighted by Gasteiger charge is 2.34. The Kier molecular flexibility index (Phi) is 3.57. The van der Waals surface area contributed by atoms with E-state index < -0.39 is 0 Å². The van der Waals surface area contributed by atoms with Crippen molar-refractivity contribution >= 4 is 33.8 Å². The Morgan fingerprint density at radius 3 is 2.96 bits per heavy atom. The topological polar surface area (TPSA) is 71.5 Å². The summed E-state index contributed by atoms with van der Waals surface area (Å²) in [5.41, 5.74) is 2.07. The molecular weight excluding hydrogens is 338 g/mol. The van der Waals surface area contributed by atoms with Crippen LogP contribution >= 0.6 is 11.3 Å². The summed E-state index contributed by atoms with van der Waals surface area (Å²) in [7, 11) is 0. The molecule has 7 heteroatoms. The minimum absolute atomic E-state index is 0.00661. The molecule has 2 aliphatic heterocycles. The fraction of sp³-hybridized carbons (Fsp3) is 0.389. The van der Waals surface area contributed by atoms with Gasteiger partial charge in [-0.25, -0.2) is 4.98 Å². The number of fused-ring (bicyclic) bond motifs is 2. The largest absolute Gasteiger partial charge is 0.490 e. The van der Waals surface area contributed by atoms with Crippen LogP contribution in [0.3, 0.4) is 0 Å². The first-order chi connectivity index (χ1) is 11.8. The fourth-order valence-corrected chi connectivity index (χ4v) is 4.23. The van der Waals surface area contributed by atoms with Crippen molar-refractivity contribution in [2.45, 2.75) is 32.7 Å². The Balaban J connectivity index is 1.73. The van der Waals surface area contributed by atoms with Crippen LogP contribution in [-0.4, -0.2) is 35.4 Å². The van der Waals surface area contributed by atoms with Gasteiger partial charge in [0, 0.05) is 17.5 Å². The zero-order chi connectivity index (χ0) is 17.8. The van der Waals surface area contributed by atoms with Crippen molar-refractivity contribution in [1.29, 1.82) is 0 Å². The molecule has 0 atom stereocenters. The van der Waals surface area contributed by atoms with Gasteiger partial charge in [-0.1, -0.05) is 11.3 Å². The minimum Gasteiger partial charge on any atom is -0.490 e. The Morgan fingerprint density at radius 2 is 2.20 bits per heavy atom. The molecule has 3 heterocycles. The highest BCUT2D eigenvalue weighted by Crippen LogP contribution is 2.41. The van der Waals surface area contributed by atoms with Crippen molar-refractivity contribution in [2.24, 2.45) is 0 Å². The van der Waals surface area contributed by atoms with Gasteiger partial charge in [0.2, 0.25) is 0 Å². The average molecular weight is 357 g/mol. The van der Waals surface area contributed by atoms with Gasteiger partial charge in [0.15, 0.2) is 10.9 Å². The maximum atomic E-state index is 12.3. The van der Waals surface area contributed by atoms with Crippen LogP contribution in [0.2, 0.25) is 0 Å². The lowest BCUT2D eigenvalue weighted by molar-refractivity contribution is 0.0900. The monoisotopic (exact) mass is 357 g/mol. The summed E-state index contributed by atoms with van der Waals surface area (Å²) in [4.78, 5) is 31.4. The molecule has 0 spiro atoms. The molecule has 0 saturated carbocycles. The number of hydrogen-bond acceptors (Lipinski definition) is 6. The van der Waals surface area contributed by atoms with Crippen molar-refractivity contribution < 1.29 is 14.3 Å². The summed E-state index contributed by atoms with van der Waals surface area (Å²) in [6, 6.07) is 5.45. The van der Waals surface area contributed by atoms with Crippen molar-refractivity contribution in [3.63, 3.8) is 0 Å². The van der Waals surface area contributed by atoms with E-state index in [2.05, 4.69) is 10.2 Å². The Morgan fingerprint density at radius 1 is 1.40 bits per heavy atom. The summed E-state index contributed by atoms with van der Waals surface area (Å²) in [5.74, 6) is 0.624. The molecule has 130 valence electrons. The van der Waals surface area contributed by atoms with Crippen LogP contribution in [0.1, 0.15) is 46.5 Å². The smallest absolute Gasteiger partial charge is 0.263 e. The maximum absolute atomic E-state index is 12.3. The van der Waals surface area contributed by atoms with E-state index in [-0.39, 0.29) is 17.2 Å². The lowest BCUT2D eigenvalue weighted by atomic mass is 9.94. The number of aromatic nitrogens is 1. The number of amides is 1. The molecule has 1 amide bonds. The van der Waals surface area contributed by atoms with Crippen LogP contribution in [0.25, 0.3) is 0 Å².